The van der Waals surface area contributed by atoms with Gasteiger partial charge in [0, 0.05) is 21.7 Å². The Morgan fingerprint density at radius 2 is 1.71 bits per heavy atom. The molecule has 176 valence electrons. The van der Waals surface area contributed by atoms with Gasteiger partial charge in [-0.05, 0) is 68.8 Å². The van der Waals surface area contributed by atoms with Crippen molar-refractivity contribution < 1.29 is 19.0 Å². The van der Waals surface area contributed by atoms with Crippen molar-refractivity contribution in [3.8, 4) is 33.8 Å². The quantitative estimate of drug-likeness (QED) is 0.209. The van der Waals surface area contributed by atoms with Gasteiger partial charge in [-0.2, -0.15) is 5.26 Å². The van der Waals surface area contributed by atoms with Gasteiger partial charge in [-0.25, -0.2) is 4.79 Å². The van der Waals surface area contributed by atoms with Crippen LogP contribution in [0, 0.1) is 11.3 Å². The van der Waals surface area contributed by atoms with E-state index < -0.39 is 11.6 Å². The number of carbonyl (C=O) groups excluding carboxylic acids is 1. The molecule has 0 fully saturated rings. The predicted molar refractivity (Wildman–Crippen MR) is 140 cm³/mol. The van der Waals surface area contributed by atoms with E-state index in [0.29, 0.717) is 17.1 Å². The Kier molecular flexibility index (Phi) is 6.90. The largest absolute Gasteiger partial charge is 0.497 e. The van der Waals surface area contributed by atoms with Gasteiger partial charge < -0.3 is 14.2 Å². The molecule has 6 heteroatoms. The van der Waals surface area contributed by atoms with Gasteiger partial charge in [0.25, 0.3) is 0 Å². The summed E-state index contributed by atoms with van der Waals surface area (Å²) in [4.78, 5) is 12.8. The topological polar surface area (TPSA) is 68.6 Å². The Morgan fingerprint density at radius 1 is 1.00 bits per heavy atom. The number of carbonyl (C=O) groups is 1. The maximum Gasteiger partial charge on any atom is 0.331 e. The van der Waals surface area contributed by atoms with Gasteiger partial charge in [0.1, 0.15) is 17.1 Å². The van der Waals surface area contributed by atoms with Crippen LogP contribution in [0.1, 0.15) is 31.9 Å². The summed E-state index contributed by atoms with van der Waals surface area (Å²) < 4.78 is 18.1. The first-order valence-electron chi connectivity index (χ1n) is 11.1. The van der Waals surface area contributed by atoms with E-state index >= 15 is 0 Å². The van der Waals surface area contributed by atoms with E-state index in [1.807, 2.05) is 81.4 Å². The summed E-state index contributed by atoms with van der Waals surface area (Å²) in [6.45, 7) is 5.50. The Balaban J connectivity index is 1.67. The number of hydrogen-bond acceptors (Lipinski definition) is 6. The van der Waals surface area contributed by atoms with Crippen molar-refractivity contribution in [2.45, 2.75) is 26.4 Å². The van der Waals surface area contributed by atoms with E-state index in [2.05, 4.69) is 6.07 Å². The van der Waals surface area contributed by atoms with E-state index in [4.69, 9.17) is 14.2 Å². The average molecular weight is 484 g/mol. The summed E-state index contributed by atoms with van der Waals surface area (Å²) in [5.74, 6) is 1.70. The molecule has 5 nitrogen and oxygen atoms in total. The summed E-state index contributed by atoms with van der Waals surface area (Å²) in [6, 6.07) is 23.0. The van der Waals surface area contributed by atoms with E-state index in [-0.39, 0.29) is 0 Å². The number of rotatable bonds is 6. The summed E-state index contributed by atoms with van der Waals surface area (Å²) in [7, 11) is 1.64. The molecule has 1 aromatic heterocycles. The maximum absolute atomic E-state index is 11.9. The lowest BCUT2D eigenvalue weighted by Gasteiger charge is -2.17. The first kappa shape index (κ1) is 24.1. The van der Waals surface area contributed by atoms with E-state index in [0.717, 1.165) is 31.8 Å². The van der Waals surface area contributed by atoms with Crippen molar-refractivity contribution in [1.82, 2.24) is 0 Å². The normalized spacial score (nSPS) is 11.4. The van der Waals surface area contributed by atoms with Crippen LogP contribution in [0.2, 0.25) is 0 Å². The Morgan fingerprint density at radius 3 is 2.40 bits per heavy atom. The zero-order chi connectivity index (χ0) is 25.0. The van der Waals surface area contributed by atoms with Gasteiger partial charge in [-0.1, -0.05) is 30.3 Å². The number of thiophene rings is 1. The number of fused-ring (bicyclic) bond motifs is 1. The average Bonchev–Trinajstić information content (AvgIpc) is 3.19. The number of ether oxygens (including phenoxy) is 3. The third-order valence-electron chi connectivity index (χ3n) is 5.06. The van der Waals surface area contributed by atoms with Crippen LogP contribution in [0.5, 0.6) is 17.2 Å². The van der Waals surface area contributed by atoms with Crippen LogP contribution in [0.25, 0.3) is 26.6 Å². The van der Waals surface area contributed by atoms with Gasteiger partial charge in [-0.15, -0.1) is 11.3 Å². The molecule has 35 heavy (non-hydrogen) atoms. The highest BCUT2D eigenvalue weighted by atomic mass is 32.1. The molecule has 1 heterocycles. The molecule has 0 radical (unpaired) electrons. The van der Waals surface area contributed by atoms with E-state index in [9.17, 15) is 10.1 Å². The van der Waals surface area contributed by atoms with Gasteiger partial charge in [0.15, 0.2) is 5.75 Å². The fourth-order valence-corrected chi connectivity index (χ4v) is 4.70. The summed E-state index contributed by atoms with van der Waals surface area (Å²) in [5.41, 5.74) is 1.72. The second-order valence-electron chi connectivity index (χ2n) is 8.82. The van der Waals surface area contributed by atoms with E-state index in [1.165, 1.54) is 6.08 Å². The number of methoxy groups -OCH3 is 1. The second-order valence-corrected chi connectivity index (χ2v) is 9.87. The molecule has 4 aromatic rings. The summed E-state index contributed by atoms with van der Waals surface area (Å²) >= 11 is 1.56. The van der Waals surface area contributed by atoms with Crippen LogP contribution in [0.3, 0.4) is 0 Å². The van der Waals surface area contributed by atoms with Crippen LogP contribution in [-0.4, -0.2) is 18.7 Å². The molecule has 0 aliphatic heterocycles. The monoisotopic (exact) mass is 483 g/mol. The molecule has 4 rings (SSSR count). The van der Waals surface area contributed by atoms with Crippen LogP contribution in [0.4, 0.5) is 0 Å². The molecule has 0 aliphatic carbocycles. The molecule has 0 amide bonds. The number of nitrogens with zero attached hydrogens (tertiary/aromatic N) is 1. The maximum atomic E-state index is 11.9. The molecular weight excluding hydrogens is 458 g/mol. The number of benzene rings is 3. The van der Waals surface area contributed by atoms with Crippen LogP contribution >= 0.6 is 11.3 Å². The van der Waals surface area contributed by atoms with Gasteiger partial charge >= 0.3 is 5.97 Å². The van der Waals surface area contributed by atoms with Gasteiger partial charge in [0.2, 0.25) is 0 Å². The zero-order valence-corrected chi connectivity index (χ0v) is 20.8. The first-order chi connectivity index (χ1) is 16.8. The number of nitriles is 1. The number of hydrogen-bond donors (Lipinski definition) is 0. The lowest BCUT2D eigenvalue weighted by molar-refractivity contribution is -0.148. The van der Waals surface area contributed by atoms with Gasteiger partial charge in [-0.3, -0.25) is 0 Å². The fraction of sp³-hybridized carbons (Fsp3) is 0.172. The fourth-order valence-electron chi connectivity index (χ4n) is 3.50. The number of esters is 1. The molecule has 0 saturated heterocycles. The minimum atomic E-state index is -0.533. The van der Waals surface area contributed by atoms with Crippen LogP contribution in [-0.2, 0) is 9.53 Å². The van der Waals surface area contributed by atoms with Crippen molar-refractivity contribution >= 4 is 33.5 Å². The molecule has 0 unspecified atom stereocenters. The Bertz CT molecular complexity index is 1440. The summed E-state index contributed by atoms with van der Waals surface area (Å²) in [6.07, 6.45) is 3.12. The summed E-state index contributed by atoms with van der Waals surface area (Å²) in [5, 5.41) is 10.6. The molecule has 0 N–H and O–H groups in total. The van der Waals surface area contributed by atoms with Crippen molar-refractivity contribution in [3.63, 3.8) is 0 Å². The Labute approximate surface area is 208 Å². The third-order valence-corrected chi connectivity index (χ3v) is 6.23. The highest BCUT2D eigenvalue weighted by molar-refractivity contribution is 7.22. The molecular formula is C29H25NO4S. The van der Waals surface area contributed by atoms with Gasteiger partial charge in [0.05, 0.1) is 23.6 Å². The van der Waals surface area contributed by atoms with Crippen LogP contribution in [0.15, 0.2) is 72.8 Å². The smallest absolute Gasteiger partial charge is 0.331 e. The van der Waals surface area contributed by atoms with E-state index in [1.54, 1.807) is 30.6 Å². The third kappa shape index (κ3) is 5.71. The Hall–Kier alpha value is -4.08. The SMILES string of the molecule is COc1ccc2c(Oc3ccc(/C=C/C(=O)OC(C)(C)C)cc3)c(-c3ccccc3C#N)sc2c1. The van der Waals surface area contributed by atoms with Crippen molar-refractivity contribution in [2.75, 3.05) is 7.11 Å². The van der Waals surface area contributed by atoms with Crippen molar-refractivity contribution in [1.29, 1.82) is 5.26 Å². The second kappa shape index (κ2) is 10.0. The standard InChI is InChI=1S/C29H25NO4S/c1-29(2,3)34-26(31)16-11-19-9-12-21(13-10-19)33-27-24-15-14-22(32-4)17-25(24)35-28(27)23-8-6-5-7-20(23)18-30/h5-17H,1-4H3/b16-11+. The molecule has 0 bridgehead atoms. The lowest BCUT2D eigenvalue weighted by atomic mass is 10.1. The lowest BCUT2D eigenvalue weighted by Crippen LogP contribution is -2.22. The molecule has 0 atom stereocenters. The predicted octanol–water partition coefficient (Wildman–Crippen LogP) is 7.60. The molecule has 0 aliphatic rings. The van der Waals surface area contributed by atoms with Crippen molar-refractivity contribution in [2.24, 2.45) is 0 Å². The minimum Gasteiger partial charge on any atom is -0.497 e. The highest BCUT2D eigenvalue weighted by Gasteiger charge is 2.19. The van der Waals surface area contributed by atoms with Crippen LogP contribution < -0.4 is 9.47 Å². The molecule has 0 saturated carbocycles. The molecule has 0 spiro atoms. The minimum absolute atomic E-state index is 0.390. The molecule has 3 aromatic carbocycles. The highest BCUT2D eigenvalue weighted by Crippen LogP contribution is 2.48. The first-order valence-corrected chi connectivity index (χ1v) is 11.9. The zero-order valence-electron chi connectivity index (χ0n) is 20.0. The van der Waals surface area contributed by atoms with Crippen molar-refractivity contribution in [3.05, 3.63) is 83.9 Å².